The molecule has 2 rings (SSSR count). The minimum atomic E-state index is -0.111. The number of rotatable bonds is 5. The van der Waals surface area contributed by atoms with Crippen LogP contribution in [0.15, 0.2) is 47.4 Å². The molecule has 20 heavy (non-hydrogen) atoms. The Bertz CT molecular complexity index is 606. The Morgan fingerprint density at radius 1 is 1.15 bits per heavy atom. The molecule has 1 N–H and O–H groups in total. The van der Waals surface area contributed by atoms with E-state index in [4.69, 9.17) is 4.74 Å². The van der Waals surface area contributed by atoms with E-state index in [2.05, 4.69) is 0 Å². The van der Waals surface area contributed by atoms with Crippen LogP contribution in [0.2, 0.25) is 0 Å². The summed E-state index contributed by atoms with van der Waals surface area (Å²) in [5, 5.41) is 9.19. The molecule has 0 radical (unpaired) electrons. The maximum Gasteiger partial charge on any atom is 0.193 e. The van der Waals surface area contributed by atoms with Crippen LogP contribution in [0.4, 0.5) is 0 Å². The minimum Gasteiger partial charge on any atom is -0.496 e. The fourth-order valence-electron chi connectivity index (χ4n) is 1.93. The fourth-order valence-corrected chi connectivity index (χ4v) is 2.33. The summed E-state index contributed by atoms with van der Waals surface area (Å²) in [6.45, 7) is -0.111. The van der Waals surface area contributed by atoms with Gasteiger partial charge in [0.05, 0.1) is 13.7 Å². The van der Waals surface area contributed by atoms with Crippen molar-refractivity contribution in [3.05, 3.63) is 59.2 Å². The van der Waals surface area contributed by atoms with Crippen LogP contribution >= 0.6 is 11.8 Å². The van der Waals surface area contributed by atoms with Crippen molar-refractivity contribution in [1.82, 2.24) is 0 Å². The summed E-state index contributed by atoms with van der Waals surface area (Å²) < 4.78 is 5.18. The van der Waals surface area contributed by atoms with Crippen molar-refractivity contribution >= 4 is 17.5 Å². The molecule has 0 spiro atoms. The largest absolute Gasteiger partial charge is 0.496 e. The highest BCUT2D eigenvalue weighted by Crippen LogP contribution is 2.23. The number of aliphatic hydroxyl groups is 1. The first kappa shape index (κ1) is 14.6. The van der Waals surface area contributed by atoms with Crippen molar-refractivity contribution in [2.45, 2.75) is 11.5 Å². The molecule has 0 bridgehead atoms. The Morgan fingerprint density at radius 2 is 1.80 bits per heavy atom. The molecule has 3 nitrogen and oxygen atoms in total. The predicted octanol–water partition coefficient (Wildman–Crippen LogP) is 3.14. The lowest BCUT2D eigenvalue weighted by molar-refractivity contribution is 0.103. The zero-order chi connectivity index (χ0) is 14.5. The summed E-state index contributed by atoms with van der Waals surface area (Å²) >= 11 is 1.64. The summed E-state index contributed by atoms with van der Waals surface area (Å²) in [6, 6.07) is 12.6. The average Bonchev–Trinajstić information content (AvgIpc) is 2.53. The van der Waals surface area contributed by atoms with Gasteiger partial charge in [0.2, 0.25) is 0 Å². The highest BCUT2D eigenvalue weighted by atomic mass is 32.2. The van der Waals surface area contributed by atoms with Crippen LogP contribution < -0.4 is 4.74 Å². The zero-order valence-electron chi connectivity index (χ0n) is 11.4. The Hall–Kier alpha value is -1.78. The summed E-state index contributed by atoms with van der Waals surface area (Å²) in [4.78, 5) is 13.5. The van der Waals surface area contributed by atoms with Gasteiger partial charge in [0.25, 0.3) is 0 Å². The number of methoxy groups -OCH3 is 1. The number of carbonyl (C=O) groups excluding carboxylic acids is 1. The lowest BCUT2D eigenvalue weighted by Gasteiger charge is -2.08. The van der Waals surface area contributed by atoms with Gasteiger partial charge in [-0.3, -0.25) is 4.79 Å². The van der Waals surface area contributed by atoms with Crippen molar-refractivity contribution in [3.8, 4) is 5.75 Å². The van der Waals surface area contributed by atoms with E-state index < -0.39 is 0 Å². The number of ether oxygens (including phenoxy) is 1. The summed E-state index contributed by atoms with van der Waals surface area (Å²) in [5.41, 5.74) is 1.86. The molecule has 0 amide bonds. The molecule has 0 unspecified atom stereocenters. The van der Waals surface area contributed by atoms with Crippen LogP contribution in [-0.2, 0) is 6.61 Å². The van der Waals surface area contributed by atoms with Gasteiger partial charge in [0.15, 0.2) is 5.78 Å². The molecule has 0 aliphatic rings. The first-order valence-corrected chi connectivity index (χ1v) is 7.38. The number of hydrogen-bond acceptors (Lipinski definition) is 4. The third kappa shape index (κ3) is 3.03. The lowest BCUT2D eigenvalue weighted by atomic mass is 10.0. The summed E-state index contributed by atoms with van der Waals surface area (Å²) in [7, 11) is 1.52. The van der Waals surface area contributed by atoms with E-state index in [1.807, 2.05) is 30.5 Å². The number of thioether (sulfide) groups is 1. The van der Waals surface area contributed by atoms with Gasteiger partial charge < -0.3 is 9.84 Å². The molecular formula is C16H16O3S. The Morgan fingerprint density at radius 3 is 2.35 bits per heavy atom. The van der Waals surface area contributed by atoms with Gasteiger partial charge in [0, 0.05) is 21.6 Å². The monoisotopic (exact) mass is 288 g/mol. The molecule has 0 aliphatic heterocycles. The van der Waals surface area contributed by atoms with Crippen LogP contribution in [0.3, 0.4) is 0 Å². The number of hydrogen-bond donors (Lipinski definition) is 1. The smallest absolute Gasteiger partial charge is 0.193 e. The van der Waals surface area contributed by atoms with Crippen molar-refractivity contribution in [3.63, 3.8) is 0 Å². The maximum atomic E-state index is 12.4. The van der Waals surface area contributed by atoms with Gasteiger partial charge in [-0.2, -0.15) is 0 Å². The third-order valence-corrected chi connectivity index (χ3v) is 3.82. The molecule has 0 saturated heterocycles. The normalized spacial score (nSPS) is 10.3. The second-order valence-corrected chi connectivity index (χ2v) is 5.12. The van der Waals surface area contributed by atoms with Gasteiger partial charge in [-0.05, 0) is 36.6 Å². The van der Waals surface area contributed by atoms with Gasteiger partial charge in [-0.15, -0.1) is 11.8 Å². The van der Waals surface area contributed by atoms with Gasteiger partial charge in [-0.25, -0.2) is 0 Å². The third-order valence-electron chi connectivity index (χ3n) is 3.07. The number of benzene rings is 2. The molecule has 0 saturated carbocycles. The van der Waals surface area contributed by atoms with E-state index >= 15 is 0 Å². The lowest BCUT2D eigenvalue weighted by Crippen LogP contribution is -2.03. The van der Waals surface area contributed by atoms with Crippen LogP contribution in [-0.4, -0.2) is 24.3 Å². The molecule has 0 heterocycles. The van der Waals surface area contributed by atoms with Crippen molar-refractivity contribution in [1.29, 1.82) is 0 Å². The number of aliphatic hydroxyl groups excluding tert-OH is 1. The standard InChI is InChI=1S/C16H16O3S/c1-19-15-9-12(3-4-13(15)10-17)16(18)11-5-7-14(20-2)8-6-11/h3-9,17H,10H2,1-2H3. The Kier molecular flexibility index (Phi) is 4.82. The van der Waals surface area contributed by atoms with E-state index in [9.17, 15) is 9.90 Å². The SMILES string of the molecule is COc1cc(C(=O)c2ccc(SC)cc2)ccc1CO. The number of carbonyl (C=O) groups is 1. The van der Waals surface area contributed by atoms with E-state index in [0.29, 0.717) is 22.4 Å². The molecule has 104 valence electrons. The van der Waals surface area contributed by atoms with Crippen LogP contribution in [0.5, 0.6) is 5.75 Å². The Labute approximate surface area is 122 Å². The quantitative estimate of drug-likeness (QED) is 0.678. The van der Waals surface area contributed by atoms with Crippen LogP contribution in [0, 0.1) is 0 Å². The minimum absolute atomic E-state index is 0.0551. The maximum absolute atomic E-state index is 12.4. The highest BCUT2D eigenvalue weighted by molar-refractivity contribution is 7.98. The van der Waals surface area contributed by atoms with Crippen molar-refractivity contribution in [2.75, 3.05) is 13.4 Å². The summed E-state index contributed by atoms with van der Waals surface area (Å²) in [5.74, 6) is 0.472. The molecule has 0 atom stereocenters. The van der Waals surface area contributed by atoms with E-state index in [1.54, 1.807) is 30.0 Å². The molecule has 0 aliphatic carbocycles. The highest BCUT2D eigenvalue weighted by Gasteiger charge is 2.12. The molecular weight excluding hydrogens is 272 g/mol. The van der Waals surface area contributed by atoms with Gasteiger partial charge in [0.1, 0.15) is 5.75 Å². The van der Waals surface area contributed by atoms with Crippen molar-refractivity contribution in [2.24, 2.45) is 0 Å². The molecule has 2 aromatic rings. The van der Waals surface area contributed by atoms with E-state index in [0.717, 1.165) is 4.90 Å². The average molecular weight is 288 g/mol. The molecule has 0 aromatic heterocycles. The molecule has 0 fully saturated rings. The zero-order valence-corrected chi connectivity index (χ0v) is 12.2. The first-order valence-electron chi connectivity index (χ1n) is 6.16. The second kappa shape index (κ2) is 6.59. The number of ketones is 1. The summed E-state index contributed by atoms with van der Waals surface area (Å²) in [6.07, 6.45) is 2.00. The topological polar surface area (TPSA) is 46.5 Å². The van der Waals surface area contributed by atoms with Crippen molar-refractivity contribution < 1.29 is 14.6 Å². The molecule has 4 heteroatoms. The van der Waals surface area contributed by atoms with Gasteiger partial charge in [-0.1, -0.05) is 12.1 Å². The van der Waals surface area contributed by atoms with Crippen LogP contribution in [0.1, 0.15) is 21.5 Å². The second-order valence-electron chi connectivity index (χ2n) is 4.24. The first-order chi connectivity index (χ1) is 9.69. The van der Waals surface area contributed by atoms with E-state index in [1.165, 1.54) is 7.11 Å². The van der Waals surface area contributed by atoms with E-state index in [-0.39, 0.29) is 12.4 Å². The van der Waals surface area contributed by atoms with Gasteiger partial charge >= 0.3 is 0 Å². The van der Waals surface area contributed by atoms with Crippen LogP contribution in [0.25, 0.3) is 0 Å². The fraction of sp³-hybridized carbons (Fsp3) is 0.188. The molecule has 2 aromatic carbocycles. The predicted molar refractivity (Wildman–Crippen MR) is 80.6 cm³/mol. The Balaban J connectivity index is 2.32.